The van der Waals surface area contributed by atoms with E-state index in [1.165, 1.54) is 31.4 Å². The lowest BCUT2D eigenvalue weighted by atomic mass is 10.0. The first kappa shape index (κ1) is 20.5. The number of carbonyl (C=O) groups is 2. The van der Waals surface area contributed by atoms with Crippen LogP contribution in [0.5, 0.6) is 0 Å². The van der Waals surface area contributed by atoms with Gasteiger partial charge in [0.2, 0.25) is 0 Å². The van der Waals surface area contributed by atoms with Crippen LogP contribution < -0.4 is 10.6 Å². The van der Waals surface area contributed by atoms with Crippen molar-refractivity contribution >= 4 is 29.1 Å². The van der Waals surface area contributed by atoms with Crippen LogP contribution >= 0.6 is 11.6 Å². The van der Waals surface area contributed by atoms with E-state index in [1.54, 1.807) is 28.9 Å². The van der Waals surface area contributed by atoms with Gasteiger partial charge in [0.15, 0.2) is 0 Å². The van der Waals surface area contributed by atoms with E-state index in [0.29, 0.717) is 22.6 Å². The molecule has 0 atom stereocenters. The smallest absolute Gasteiger partial charge is 0.259 e. The number of rotatable bonds is 5. The Morgan fingerprint density at radius 1 is 1.07 bits per heavy atom. The minimum absolute atomic E-state index is 0.0186. The molecule has 8 heteroatoms. The van der Waals surface area contributed by atoms with E-state index in [4.69, 9.17) is 11.6 Å². The monoisotopic (exact) mass is 414 g/mol. The largest absolute Gasteiger partial charge is 0.355 e. The highest BCUT2D eigenvalue weighted by Gasteiger charge is 2.21. The highest BCUT2D eigenvalue weighted by Crippen LogP contribution is 2.25. The molecule has 29 heavy (non-hydrogen) atoms. The molecule has 0 fully saturated rings. The minimum Gasteiger partial charge on any atom is -0.355 e. The molecule has 3 aromatic rings. The number of benzene rings is 2. The first-order valence-corrected chi connectivity index (χ1v) is 9.36. The van der Waals surface area contributed by atoms with Crippen molar-refractivity contribution in [2.24, 2.45) is 0 Å². The third kappa shape index (κ3) is 4.30. The third-order valence-electron chi connectivity index (χ3n) is 4.37. The van der Waals surface area contributed by atoms with Crippen molar-refractivity contribution in [3.05, 3.63) is 76.3 Å². The Kier molecular flexibility index (Phi) is 5.98. The van der Waals surface area contributed by atoms with Crippen LogP contribution in [0.15, 0.2) is 48.7 Å². The average molecular weight is 415 g/mol. The van der Waals surface area contributed by atoms with Gasteiger partial charge >= 0.3 is 0 Å². The van der Waals surface area contributed by atoms with Crippen LogP contribution in [0, 0.1) is 5.82 Å². The summed E-state index contributed by atoms with van der Waals surface area (Å²) in [5.74, 6) is -1.08. The van der Waals surface area contributed by atoms with Crippen molar-refractivity contribution in [1.82, 2.24) is 15.1 Å². The van der Waals surface area contributed by atoms with Gasteiger partial charge in [-0.05, 0) is 48.4 Å². The summed E-state index contributed by atoms with van der Waals surface area (Å²) in [5, 5.41) is 9.90. The molecule has 6 nitrogen and oxygen atoms in total. The molecule has 2 N–H and O–H groups in total. The van der Waals surface area contributed by atoms with E-state index in [-0.39, 0.29) is 34.1 Å². The topological polar surface area (TPSA) is 76.0 Å². The molecule has 0 saturated carbocycles. The molecule has 0 saturated heterocycles. The molecule has 0 spiro atoms. The average Bonchev–Trinajstić information content (AvgIpc) is 3.15. The maximum absolute atomic E-state index is 13.2. The van der Waals surface area contributed by atoms with Crippen molar-refractivity contribution in [3.63, 3.8) is 0 Å². The van der Waals surface area contributed by atoms with Gasteiger partial charge in [-0.2, -0.15) is 5.10 Å². The number of nitrogens with zero attached hydrogens (tertiary/aromatic N) is 2. The van der Waals surface area contributed by atoms with Crippen molar-refractivity contribution in [2.45, 2.75) is 19.8 Å². The van der Waals surface area contributed by atoms with Crippen molar-refractivity contribution < 1.29 is 14.0 Å². The molecular weight excluding hydrogens is 395 g/mol. The SMILES string of the molecule is CNC(=O)c1cc(NC(=O)c2cnn(-c3ccc(F)cc3)c2C(C)C)ccc1Cl. The van der Waals surface area contributed by atoms with E-state index in [2.05, 4.69) is 15.7 Å². The Morgan fingerprint density at radius 3 is 2.38 bits per heavy atom. The Morgan fingerprint density at radius 2 is 1.76 bits per heavy atom. The van der Waals surface area contributed by atoms with E-state index in [0.717, 1.165) is 0 Å². The molecule has 2 amide bonds. The number of halogens is 2. The molecule has 1 aromatic heterocycles. The first-order valence-electron chi connectivity index (χ1n) is 8.98. The molecular formula is C21H20ClFN4O2. The number of carbonyl (C=O) groups excluding carboxylic acids is 2. The van der Waals surface area contributed by atoms with Crippen molar-refractivity contribution in [1.29, 1.82) is 0 Å². The Labute approximate surface area is 172 Å². The minimum atomic E-state index is -0.368. The summed E-state index contributed by atoms with van der Waals surface area (Å²) in [6.07, 6.45) is 1.48. The van der Waals surface area contributed by atoms with Crippen LogP contribution in [0.1, 0.15) is 46.2 Å². The van der Waals surface area contributed by atoms with Crippen LogP contribution in [0.4, 0.5) is 10.1 Å². The summed E-state index contributed by atoms with van der Waals surface area (Å²) in [6.45, 7) is 3.89. The number of hydrogen-bond acceptors (Lipinski definition) is 3. The zero-order valence-electron chi connectivity index (χ0n) is 16.2. The summed E-state index contributed by atoms with van der Waals surface area (Å²) in [5.41, 5.74) is 2.43. The number of amides is 2. The van der Waals surface area contributed by atoms with Gasteiger partial charge in [-0.1, -0.05) is 25.4 Å². The molecule has 0 bridgehead atoms. The lowest BCUT2D eigenvalue weighted by Gasteiger charge is -2.13. The molecule has 2 aromatic carbocycles. The van der Waals surface area contributed by atoms with E-state index < -0.39 is 0 Å². The van der Waals surface area contributed by atoms with Crippen molar-refractivity contribution in [2.75, 3.05) is 12.4 Å². The summed E-state index contributed by atoms with van der Waals surface area (Å²) >= 11 is 6.06. The summed E-state index contributed by atoms with van der Waals surface area (Å²) in [6, 6.07) is 10.6. The summed E-state index contributed by atoms with van der Waals surface area (Å²) < 4.78 is 14.9. The number of aromatic nitrogens is 2. The Balaban J connectivity index is 1.94. The second-order valence-corrected chi connectivity index (χ2v) is 7.12. The summed E-state index contributed by atoms with van der Waals surface area (Å²) in [7, 11) is 1.50. The Hall–Kier alpha value is -3.19. The van der Waals surface area contributed by atoms with E-state index >= 15 is 0 Å². The highest BCUT2D eigenvalue weighted by molar-refractivity contribution is 6.34. The number of hydrogen-bond donors (Lipinski definition) is 2. The lowest BCUT2D eigenvalue weighted by molar-refractivity contribution is 0.0961. The van der Waals surface area contributed by atoms with Gasteiger partial charge < -0.3 is 10.6 Å². The first-order chi connectivity index (χ1) is 13.8. The second-order valence-electron chi connectivity index (χ2n) is 6.71. The van der Waals surface area contributed by atoms with E-state index in [1.807, 2.05) is 13.8 Å². The highest BCUT2D eigenvalue weighted by atomic mass is 35.5. The molecule has 0 aliphatic heterocycles. The predicted octanol–water partition coefficient (Wildman–Crippen LogP) is 4.40. The van der Waals surface area contributed by atoms with Crippen LogP contribution in [0.2, 0.25) is 5.02 Å². The fourth-order valence-electron chi connectivity index (χ4n) is 2.99. The normalized spacial score (nSPS) is 10.8. The van der Waals surface area contributed by atoms with Gasteiger partial charge in [0.05, 0.1) is 33.7 Å². The third-order valence-corrected chi connectivity index (χ3v) is 4.69. The molecule has 3 rings (SSSR count). The van der Waals surface area contributed by atoms with Gasteiger partial charge in [-0.3, -0.25) is 9.59 Å². The van der Waals surface area contributed by atoms with Gasteiger partial charge in [-0.25, -0.2) is 9.07 Å². The fraction of sp³-hybridized carbons (Fsp3) is 0.190. The van der Waals surface area contributed by atoms with Gasteiger partial charge in [0.25, 0.3) is 11.8 Å². The maximum Gasteiger partial charge on any atom is 0.259 e. The molecule has 0 radical (unpaired) electrons. The zero-order valence-corrected chi connectivity index (χ0v) is 16.9. The van der Waals surface area contributed by atoms with Gasteiger partial charge in [0.1, 0.15) is 5.82 Å². The van der Waals surface area contributed by atoms with Crippen LogP contribution in [-0.2, 0) is 0 Å². The van der Waals surface area contributed by atoms with Gasteiger partial charge in [-0.15, -0.1) is 0 Å². The van der Waals surface area contributed by atoms with Gasteiger partial charge in [0, 0.05) is 12.7 Å². The molecule has 0 aliphatic carbocycles. The summed E-state index contributed by atoms with van der Waals surface area (Å²) in [4.78, 5) is 24.8. The zero-order chi connectivity index (χ0) is 21.1. The van der Waals surface area contributed by atoms with Crippen LogP contribution in [0.3, 0.4) is 0 Å². The van der Waals surface area contributed by atoms with Crippen molar-refractivity contribution in [3.8, 4) is 5.69 Å². The predicted molar refractivity (Wildman–Crippen MR) is 110 cm³/mol. The maximum atomic E-state index is 13.2. The molecule has 0 aliphatic rings. The number of anilines is 1. The van der Waals surface area contributed by atoms with Crippen LogP contribution in [-0.4, -0.2) is 28.6 Å². The van der Waals surface area contributed by atoms with Crippen LogP contribution in [0.25, 0.3) is 5.69 Å². The standard InChI is InChI=1S/C21H20ClFN4O2/c1-12(2)19-17(11-25-27(19)15-7-4-13(23)5-8-15)21(29)26-14-6-9-18(22)16(10-14)20(28)24-3/h4-12H,1-3H3,(H,24,28)(H,26,29). The fourth-order valence-corrected chi connectivity index (χ4v) is 3.19. The molecule has 0 unspecified atom stereocenters. The Bertz CT molecular complexity index is 1060. The molecule has 1 heterocycles. The second kappa shape index (κ2) is 8.45. The molecule has 150 valence electrons. The number of nitrogens with one attached hydrogen (secondary N) is 2. The quantitative estimate of drug-likeness (QED) is 0.649. The van der Waals surface area contributed by atoms with E-state index in [9.17, 15) is 14.0 Å². The lowest BCUT2D eigenvalue weighted by Crippen LogP contribution is -2.19.